The van der Waals surface area contributed by atoms with E-state index in [1.165, 1.54) is 0 Å². The quantitative estimate of drug-likeness (QED) is 0.717. The van der Waals surface area contributed by atoms with Crippen LogP contribution < -0.4 is 14.8 Å². The van der Waals surface area contributed by atoms with Gasteiger partial charge in [-0.3, -0.25) is 4.79 Å². The zero-order valence-electron chi connectivity index (χ0n) is 16.1. The van der Waals surface area contributed by atoms with Crippen molar-refractivity contribution in [1.29, 1.82) is 0 Å². The van der Waals surface area contributed by atoms with Crippen LogP contribution in [-0.4, -0.2) is 32.2 Å². The van der Waals surface area contributed by atoms with E-state index >= 15 is 0 Å². The maximum Gasteiger partial charge on any atom is 0.344 e. The van der Waals surface area contributed by atoms with E-state index in [0.29, 0.717) is 23.1 Å². The number of aryl methyl sites for hydroxylation is 1. The summed E-state index contributed by atoms with van der Waals surface area (Å²) in [5, 5.41) is 2.64. The average Bonchev–Trinajstić information content (AvgIpc) is 2.66. The number of amides is 1. The Bertz CT molecular complexity index is 784. The summed E-state index contributed by atoms with van der Waals surface area (Å²) in [6.07, 6.45) is 0. The summed E-state index contributed by atoms with van der Waals surface area (Å²) in [5.74, 6) is 0.663. The number of rotatable bonds is 8. The predicted molar refractivity (Wildman–Crippen MR) is 103 cm³/mol. The fraction of sp³-hybridized carbons (Fsp3) is 0.333. The number of esters is 1. The topological polar surface area (TPSA) is 73.9 Å². The second kappa shape index (κ2) is 9.62. The van der Waals surface area contributed by atoms with E-state index in [0.717, 1.165) is 11.1 Å². The molecule has 0 aliphatic rings. The first kappa shape index (κ1) is 20.3. The van der Waals surface area contributed by atoms with Crippen molar-refractivity contribution < 1.29 is 23.8 Å². The molecule has 2 aromatic rings. The van der Waals surface area contributed by atoms with Gasteiger partial charge in [-0.1, -0.05) is 26.0 Å². The summed E-state index contributed by atoms with van der Waals surface area (Å²) < 4.78 is 15.6. The molecule has 0 radical (unpaired) electrons. The van der Waals surface area contributed by atoms with Gasteiger partial charge in [-0.15, -0.1) is 0 Å². The summed E-state index contributed by atoms with van der Waals surface area (Å²) in [7, 11) is 1.57. The second-order valence-corrected chi connectivity index (χ2v) is 6.41. The fourth-order valence-corrected chi connectivity index (χ4v) is 2.33. The number of hydrogen-bond acceptors (Lipinski definition) is 5. The highest BCUT2D eigenvalue weighted by atomic mass is 16.6. The molecular weight excluding hydrogens is 346 g/mol. The van der Waals surface area contributed by atoms with Crippen molar-refractivity contribution in [2.45, 2.75) is 26.7 Å². The molecule has 27 heavy (non-hydrogen) atoms. The van der Waals surface area contributed by atoms with Gasteiger partial charge in [0.2, 0.25) is 0 Å². The maximum atomic E-state index is 11.9. The highest BCUT2D eigenvalue weighted by Gasteiger charge is 2.11. The normalized spacial score (nSPS) is 10.4. The predicted octanol–water partition coefficient (Wildman–Crippen LogP) is 3.69. The molecule has 144 valence electrons. The van der Waals surface area contributed by atoms with Crippen LogP contribution in [0, 0.1) is 6.92 Å². The molecule has 0 aliphatic carbocycles. The zero-order valence-corrected chi connectivity index (χ0v) is 16.1. The summed E-state index contributed by atoms with van der Waals surface area (Å²) in [4.78, 5) is 23.7. The Morgan fingerprint density at radius 3 is 2.37 bits per heavy atom. The Hall–Kier alpha value is -3.02. The molecular formula is C21H25NO5. The van der Waals surface area contributed by atoms with Gasteiger partial charge in [0.1, 0.15) is 11.5 Å². The van der Waals surface area contributed by atoms with Gasteiger partial charge in [0, 0.05) is 5.69 Å². The largest absolute Gasteiger partial charge is 0.497 e. The fourth-order valence-electron chi connectivity index (χ4n) is 2.33. The van der Waals surface area contributed by atoms with Crippen LogP contribution in [0.3, 0.4) is 0 Å². The van der Waals surface area contributed by atoms with Gasteiger partial charge in [0.05, 0.1) is 7.11 Å². The SMILES string of the molecule is COc1ccc(NC(=O)COC(=O)COc2cc(C(C)C)ccc2C)cc1. The molecule has 2 aromatic carbocycles. The van der Waals surface area contributed by atoms with Crippen LogP contribution in [0.4, 0.5) is 5.69 Å². The third-order valence-electron chi connectivity index (χ3n) is 3.96. The highest BCUT2D eigenvalue weighted by Crippen LogP contribution is 2.24. The van der Waals surface area contributed by atoms with E-state index in [1.807, 2.05) is 25.1 Å². The molecule has 0 heterocycles. The number of carbonyl (C=O) groups excluding carboxylic acids is 2. The maximum absolute atomic E-state index is 11.9. The summed E-state index contributed by atoms with van der Waals surface area (Å²) in [5.41, 5.74) is 2.65. The van der Waals surface area contributed by atoms with Crippen molar-refractivity contribution in [3.05, 3.63) is 53.6 Å². The lowest BCUT2D eigenvalue weighted by atomic mass is 10.0. The molecule has 0 aliphatic heterocycles. The molecule has 0 bridgehead atoms. The Labute approximate surface area is 159 Å². The Balaban J connectivity index is 1.78. The molecule has 1 amide bonds. The lowest BCUT2D eigenvalue weighted by Gasteiger charge is -2.12. The van der Waals surface area contributed by atoms with Crippen LogP contribution in [0.1, 0.15) is 30.9 Å². The van der Waals surface area contributed by atoms with Gasteiger partial charge in [0.15, 0.2) is 13.2 Å². The van der Waals surface area contributed by atoms with Crippen LogP contribution in [0.2, 0.25) is 0 Å². The number of hydrogen-bond donors (Lipinski definition) is 1. The minimum absolute atomic E-state index is 0.252. The third-order valence-corrected chi connectivity index (χ3v) is 3.96. The number of carbonyl (C=O) groups is 2. The third kappa shape index (κ3) is 6.33. The Morgan fingerprint density at radius 2 is 1.74 bits per heavy atom. The van der Waals surface area contributed by atoms with Crippen molar-refractivity contribution in [2.75, 3.05) is 25.6 Å². The number of methoxy groups -OCH3 is 1. The number of benzene rings is 2. The molecule has 0 aromatic heterocycles. The Morgan fingerprint density at radius 1 is 1.04 bits per heavy atom. The smallest absolute Gasteiger partial charge is 0.344 e. The molecule has 6 heteroatoms. The lowest BCUT2D eigenvalue weighted by molar-refractivity contribution is -0.149. The summed E-state index contributed by atoms with van der Waals surface area (Å²) in [6.45, 7) is 5.46. The first-order valence-corrected chi connectivity index (χ1v) is 8.72. The van der Waals surface area contributed by atoms with Gasteiger partial charge < -0.3 is 19.5 Å². The second-order valence-electron chi connectivity index (χ2n) is 6.41. The minimum atomic E-state index is -0.603. The van der Waals surface area contributed by atoms with E-state index < -0.39 is 11.9 Å². The zero-order chi connectivity index (χ0) is 19.8. The Kier molecular flexibility index (Phi) is 7.23. The van der Waals surface area contributed by atoms with E-state index in [2.05, 4.69) is 19.2 Å². The number of ether oxygens (including phenoxy) is 3. The van der Waals surface area contributed by atoms with Crippen LogP contribution in [-0.2, 0) is 14.3 Å². The number of anilines is 1. The van der Waals surface area contributed by atoms with E-state index in [-0.39, 0.29) is 13.2 Å². The van der Waals surface area contributed by atoms with Crippen LogP contribution >= 0.6 is 0 Å². The summed E-state index contributed by atoms with van der Waals surface area (Å²) in [6, 6.07) is 12.8. The van der Waals surface area contributed by atoms with Crippen molar-refractivity contribution in [3.8, 4) is 11.5 Å². The molecule has 0 atom stereocenters. The van der Waals surface area contributed by atoms with Gasteiger partial charge in [0.25, 0.3) is 5.91 Å². The van der Waals surface area contributed by atoms with E-state index in [9.17, 15) is 9.59 Å². The number of nitrogens with one attached hydrogen (secondary N) is 1. The average molecular weight is 371 g/mol. The van der Waals surface area contributed by atoms with Crippen molar-refractivity contribution in [3.63, 3.8) is 0 Å². The molecule has 0 spiro atoms. The van der Waals surface area contributed by atoms with E-state index in [4.69, 9.17) is 14.2 Å². The first-order valence-electron chi connectivity index (χ1n) is 8.72. The molecule has 0 fully saturated rings. The van der Waals surface area contributed by atoms with Crippen LogP contribution in [0.25, 0.3) is 0 Å². The van der Waals surface area contributed by atoms with Crippen molar-refractivity contribution >= 4 is 17.6 Å². The van der Waals surface area contributed by atoms with E-state index in [1.54, 1.807) is 31.4 Å². The molecule has 2 rings (SSSR count). The van der Waals surface area contributed by atoms with Crippen LogP contribution in [0.5, 0.6) is 11.5 Å². The van der Waals surface area contributed by atoms with Crippen molar-refractivity contribution in [1.82, 2.24) is 0 Å². The van der Waals surface area contributed by atoms with Gasteiger partial charge in [-0.25, -0.2) is 4.79 Å². The molecule has 0 saturated carbocycles. The molecule has 0 saturated heterocycles. The first-order chi connectivity index (χ1) is 12.9. The van der Waals surface area contributed by atoms with Gasteiger partial charge >= 0.3 is 5.97 Å². The van der Waals surface area contributed by atoms with Gasteiger partial charge in [-0.05, 0) is 54.3 Å². The molecule has 6 nitrogen and oxygen atoms in total. The standard InChI is InChI=1S/C21H25NO5/c1-14(2)16-6-5-15(3)19(11-16)26-13-21(24)27-12-20(23)22-17-7-9-18(25-4)10-8-17/h5-11,14H,12-13H2,1-4H3,(H,22,23). The monoisotopic (exact) mass is 371 g/mol. The molecule has 0 unspecified atom stereocenters. The van der Waals surface area contributed by atoms with Crippen molar-refractivity contribution in [2.24, 2.45) is 0 Å². The summed E-state index contributed by atoms with van der Waals surface area (Å²) >= 11 is 0. The van der Waals surface area contributed by atoms with Crippen LogP contribution in [0.15, 0.2) is 42.5 Å². The molecule has 1 N–H and O–H groups in total. The lowest BCUT2D eigenvalue weighted by Crippen LogP contribution is -2.23. The van der Waals surface area contributed by atoms with Gasteiger partial charge in [-0.2, -0.15) is 0 Å². The highest BCUT2D eigenvalue weighted by molar-refractivity contribution is 5.92. The minimum Gasteiger partial charge on any atom is -0.497 e.